The van der Waals surface area contributed by atoms with Gasteiger partial charge in [-0.1, -0.05) is 36.4 Å². The van der Waals surface area contributed by atoms with Crippen LogP contribution in [-0.4, -0.2) is 34.2 Å². The summed E-state index contributed by atoms with van der Waals surface area (Å²) in [5.41, 5.74) is 1.80. The Bertz CT molecular complexity index is 612. The molecule has 0 radical (unpaired) electrons. The van der Waals surface area contributed by atoms with E-state index in [4.69, 9.17) is 0 Å². The molecule has 0 spiro atoms. The van der Waals surface area contributed by atoms with Crippen molar-refractivity contribution in [1.82, 2.24) is 4.90 Å². The van der Waals surface area contributed by atoms with Crippen LogP contribution in [0.5, 0.6) is 11.5 Å². The molecule has 1 unspecified atom stereocenters. The topological polar surface area (TPSA) is 43.7 Å². The van der Waals surface area contributed by atoms with Crippen molar-refractivity contribution in [2.75, 3.05) is 13.6 Å². The quantitative estimate of drug-likeness (QED) is 0.862. The lowest BCUT2D eigenvalue weighted by molar-refractivity contribution is 0.171. The Labute approximate surface area is 139 Å². The summed E-state index contributed by atoms with van der Waals surface area (Å²) >= 11 is 0. The number of nitrogens with zero attached hydrogens (tertiary/aromatic N) is 1. The van der Waals surface area contributed by atoms with Gasteiger partial charge in [-0.05, 0) is 58.5 Å². The summed E-state index contributed by atoms with van der Waals surface area (Å²) in [7, 11) is 2.10. The molecule has 0 amide bonds. The molecule has 2 aromatic rings. The zero-order valence-electron chi connectivity index (χ0n) is 14.5. The Balaban J connectivity index is 2.34. The molecular formula is C20H27NO2. The van der Waals surface area contributed by atoms with E-state index in [1.54, 1.807) is 18.2 Å². The molecule has 124 valence electrons. The SMILES string of the molecule is CN(CCC(c1ccccc1)c1c(O)cccc1O)C(C)(C)C. The second kappa shape index (κ2) is 7.05. The summed E-state index contributed by atoms with van der Waals surface area (Å²) in [6, 6.07) is 15.0. The number of rotatable bonds is 5. The summed E-state index contributed by atoms with van der Waals surface area (Å²) in [5, 5.41) is 20.5. The zero-order valence-corrected chi connectivity index (χ0v) is 14.5. The molecule has 2 aromatic carbocycles. The lowest BCUT2D eigenvalue weighted by atomic mass is 9.87. The fourth-order valence-corrected chi connectivity index (χ4v) is 2.72. The minimum atomic E-state index is -0.0396. The molecule has 23 heavy (non-hydrogen) atoms. The van der Waals surface area contributed by atoms with Crippen molar-refractivity contribution in [3.05, 3.63) is 59.7 Å². The minimum Gasteiger partial charge on any atom is -0.508 e. The second-order valence-corrected chi connectivity index (χ2v) is 7.05. The van der Waals surface area contributed by atoms with Crippen molar-refractivity contribution in [3.63, 3.8) is 0 Å². The summed E-state index contributed by atoms with van der Waals surface area (Å²) in [5.74, 6) is 0.261. The molecule has 2 rings (SSSR count). The van der Waals surface area contributed by atoms with Crippen molar-refractivity contribution in [2.24, 2.45) is 0 Å². The fourth-order valence-electron chi connectivity index (χ4n) is 2.72. The predicted molar refractivity (Wildman–Crippen MR) is 95.1 cm³/mol. The zero-order chi connectivity index (χ0) is 17.0. The van der Waals surface area contributed by atoms with Gasteiger partial charge in [0.05, 0.1) is 0 Å². The van der Waals surface area contributed by atoms with Crippen molar-refractivity contribution in [3.8, 4) is 11.5 Å². The Hall–Kier alpha value is -2.00. The van der Waals surface area contributed by atoms with Crippen LogP contribution in [0.1, 0.15) is 44.2 Å². The van der Waals surface area contributed by atoms with Crippen LogP contribution < -0.4 is 0 Å². The van der Waals surface area contributed by atoms with E-state index < -0.39 is 0 Å². The third-order valence-electron chi connectivity index (χ3n) is 4.51. The standard InChI is InChI=1S/C20H27NO2/c1-20(2,3)21(4)14-13-16(15-9-6-5-7-10-15)19-17(22)11-8-12-18(19)23/h5-12,16,22-23H,13-14H2,1-4H3. The maximum atomic E-state index is 10.3. The van der Waals surface area contributed by atoms with E-state index in [9.17, 15) is 10.2 Å². The first kappa shape index (κ1) is 17.4. The van der Waals surface area contributed by atoms with Gasteiger partial charge in [0.2, 0.25) is 0 Å². The first-order valence-electron chi connectivity index (χ1n) is 8.07. The summed E-state index contributed by atoms with van der Waals surface area (Å²) in [4.78, 5) is 2.29. The fraction of sp³-hybridized carbons (Fsp3) is 0.400. The van der Waals surface area contributed by atoms with Crippen molar-refractivity contribution >= 4 is 0 Å². The number of phenolic OH excluding ortho intramolecular Hbond substituents is 2. The lowest BCUT2D eigenvalue weighted by Gasteiger charge is -2.33. The monoisotopic (exact) mass is 313 g/mol. The van der Waals surface area contributed by atoms with Crippen LogP contribution in [0.2, 0.25) is 0 Å². The average Bonchev–Trinajstić information content (AvgIpc) is 2.49. The summed E-state index contributed by atoms with van der Waals surface area (Å²) in [6.45, 7) is 7.42. The summed E-state index contributed by atoms with van der Waals surface area (Å²) in [6.07, 6.45) is 0.822. The van der Waals surface area contributed by atoms with E-state index in [2.05, 4.69) is 32.7 Å². The molecule has 0 heterocycles. The van der Waals surface area contributed by atoms with Crippen LogP contribution in [0, 0.1) is 0 Å². The number of aromatic hydroxyl groups is 2. The van der Waals surface area contributed by atoms with Gasteiger partial charge in [0.1, 0.15) is 11.5 Å². The lowest BCUT2D eigenvalue weighted by Crippen LogP contribution is -2.39. The molecular weight excluding hydrogens is 286 g/mol. The van der Waals surface area contributed by atoms with E-state index in [1.165, 1.54) is 0 Å². The van der Waals surface area contributed by atoms with E-state index in [0.717, 1.165) is 18.5 Å². The highest BCUT2D eigenvalue weighted by Crippen LogP contribution is 2.39. The molecule has 0 aliphatic carbocycles. The minimum absolute atomic E-state index is 0.0396. The van der Waals surface area contributed by atoms with Crippen molar-refractivity contribution in [1.29, 1.82) is 0 Å². The highest BCUT2D eigenvalue weighted by Gasteiger charge is 2.24. The van der Waals surface area contributed by atoms with Gasteiger partial charge in [-0.15, -0.1) is 0 Å². The van der Waals surface area contributed by atoms with Crippen LogP contribution in [0.25, 0.3) is 0 Å². The van der Waals surface area contributed by atoms with Crippen molar-refractivity contribution in [2.45, 2.75) is 38.6 Å². The Morgan fingerprint density at radius 3 is 2.00 bits per heavy atom. The van der Waals surface area contributed by atoms with E-state index in [0.29, 0.717) is 5.56 Å². The molecule has 2 N–H and O–H groups in total. The van der Waals surface area contributed by atoms with Gasteiger partial charge in [0.15, 0.2) is 0 Å². The number of hydrogen-bond acceptors (Lipinski definition) is 3. The number of hydrogen-bond donors (Lipinski definition) is 2. The van der Waals surface area contributed by atoms with Crippen LogP contribution in [0.4, 0.5) is 0 Å². The maximum absolute atomic E-state index is 10.3. The van der Waals surface area contributed by atoms with Crippen LogP contribution in [0.15, 0.2) is 48.5 Å². The van der Waals surface area contributed by atoms with E-state index in [1.807, 2.05) is 30.3 Å². The smallest absolute Gasteiger partial charge is 0.123 e. The van der Waals surface area contributed by atoms with E-state index >= 15 is 0 Å². The van der Waals surface area contributed by atoms with Gasteiger partial charge in [-0.3, -0.25) is 0 Å². The molecule has 0 fully saturated rings. The molecule has 0 aliphatic rings. The maximum Gasteiger partial charge on any atom is 0.123 e. The third-order valence-corrected chi connectivity index (χ3v) is 4.51. The predicted octanol–water partition coefficient (Wildman–Crippen LogP) is 4.35. The third kappa shape index (κ3) is 4.26. The summed E-state index contributed by atoms with van der Waals surface area (Å²) < 4.78 is 0. The molecule has 0 aliphatic heterocycles. The number of phenols is 2. The normalized spacial score (nSPS) is 13.3. The van der Waals surface area contributed by atoms with Crippen LogP contribution in [-0.2, 0) is 0 Å². The average molecular weight is 313 g/mol. The van der Waals surface area contributed by atoms with Crippen LogP contribution in [0.3, 0.4) is 0 Å². The molecule has 0 bridgehead atoms. The first-order valence-corrected chi connectivity index (χ1v) is 8.07. The van der Waals surface area contributed by atoms with Gasteiger partial charge in [0.25, 0.3) is 0 Å². The van der Waals surface area contributed by atoms with Gasteiger partial charge >= 0.3 is 0 Å². The van der Waals surface area contributed by atoms with Gasteiger partial charge in [-0.2, -0.15) is 0 Å². The van der Waals surface area contributed by atoms with Crippen molar-refractivity contribution < 1.29 is 10.2 Å². The van der Waals surface area contributed by atoms with Crippen LogP contribution >= 0.6 is 0 Å². The number of benzene rings is 2. The highest BCUT2D eigenvalue weighted by atomic mass is 16.3. The molecule has 0 saturated carbocycles. The Kier molecular flexibility index (Phi) is 5.32. The Morgan fingerprint density at radius 2 is 1.48 bits per heavy atom. The van der Waals surface area contributed by atoms with Gasteiger partial charge in [0, 0.05) is 17.0 Å². The highest BCUT2D eigenvalue weighted by molar-refractivity contribution is 5.49. The van der Waals surface area contributed by atoms with Gasteiger partial charge in [-0.25, -0.2) is 0 Å². The largest absolute Gasteiger partial charge is 0.508 e. The molecule has 3 heteroatoms. The molecule has 0 saturated heterocycles. The first-order chi connectivity index (χ1) is 10.8. The molecule has 3 nitrogen and oxygen atoms in total. The molecule has 1 atom stereocenters. The Morgan fingerprint density at radius 1 is 0.913 bits per heavy atom. The van der Waals surface area contributed by atoms with E-state index in [-0.39, 0.29) is 23.0 Å². The van der Waals surface area contributed by atoms with Gasteiger partial charge < -0.3 is 15.1 Å². The second-order valence-electron chi connectivity index (χ2n) is 7.05. The molecule has 0 aromatic heterocycles.